The quantitative estimate of drug-likeness (QED) is 0.731. The Hall–Kier alpha value is -3.20. The van der Waals surface area contributed by atoms with E-state index in [-0.39, 0.29) is 5.91 Å². The summed E-state index contributed by atoms with van der Waals surface area (Å²) in [5.41, 5.74) is 0.678. The number of hydrogen-bond acceptors (Lipinski definition) is 5. The van der Waals surface area contributed by atoms with E-state index in [2.05, 4.69) is 6.07 Å². The summed E-state index contributed by atoms with van der Waals surface area (Å²) in [5, 5.41) is 9.51. The molecule has 6 nitrogen and oxygen atoms in total. The molecule has 1 aliphatic rings. The van der Waals surface area contributed by atoms with Crippen LogP contribution in [0.3, 0.4) is 0 Å². The monoisotopic (exact) mass is 380 g/mol. The number of nitrogens with zero attached hydrogens (tertiary/aromatic N) is 2. The van der Waals surface area contributed by atoms with Crippen molar-refractivity contribution < 1.29 is 19.0 Å². The van der Waals surface area contributed by atoms with Gasteiger partial charge in [0, 0.05) is 12.6 Å². The van der Waals surface area contributed by atoms with Crippen LogP contribution in [0.25, 0.3) is 0 Å². The molecule has 0 saturated heterocycles. The molecule has 146 valence electrons. The lowest BCUT2D eigenvalue weighted by Gasteiger charge is -2.43. The van der Waals surface area contributed by atoms with Gasteiger partial charge in [-0.25, -0.2) is 0 Å². The number of carbonyl (C=O) groups is 1. The van der Waals surface area contributed by atoms with Crippen LogP contribution in [0.5, 0.6) is 17.2 Å². The minimum atomic E-state index is -0.722. The largest absolute Gasteiger partial charge is 0.493 e. The Morgan fingerprint density at radius 3 is 2.21 bits per heavy atom. The van der Waals surface area contributed by atoms with Gasteiger partial charge in [0.25, 0.3) is 5.91 Å². The Morgan fingerprint density at radius 2 is 1.75 bits per heavy atom. The SMILES string of the molecule is COc1cc(C(=O)N(C)C2(C#N)CCC2)cc(OC)c1OCc1ccccc1. The van der Waals surface area contributed by atoms with Gasteiger partial charge in [-0.2, -0.15) is 5.26 Å². The highest BCUT2D eigenvalue weighted by Gasteiger charge is 2.43. The van der Waals surface area contributed by atoms with Gasteiger partial charge in [-0.3, -0.25) is 4.79 Å². The third-order valence-electron chi connectivity index (χ3n) is 5.27. The van der Waals surface area contributed by atoms with Gasteiger partial charge < -0.3 is 19.1 Å². The van der Waals surface area contributed by atoms with Gasteiger partial charge in [-0.1, -0.05) is 30.3 Å². The van der Waals surface area contributed by atoms with E-state index in [1.165, 1.54) is 19.1 Å². The van der Waals surface area contributed by atoms with Crippen LogP contribution in [0.1, 0.15) is 35.2 Å². The van der Waals surface area contributed by atoms with Gasteiger partial charge in [0.1, 0.15) is 12.1 Å². The third kappa shape index (κ3) is 3.61. The van der Waals surface area contributed by atoms with Crippen molar-refractivity contribution in [2.75, 3.05) is 21.3 Å². The molecule has 0 bridgehead atoms. The zero-order valence-corrected chi connectivity index (χ0v) is 16.4. The van der Waals surface area contributed by atoms with Gasteiger partial charge in [-0.15, -0.1) is 0 Å². The second-order valence-electron chi connectivity index (χ2n) is 6.85. The van der Waals surface area contributed by atoms with Crippen LogP contribution in [0.2, 0.25) is 0 Å². The molecular formula is C22H24N2O4. The molecule has 2 aromatic carbocycles. The lowest BCUT2D eigenvalue weighted by Crippen LogP contribution is -2.53. The average Bonchev–Trinajstić information content (AvgIpc) is 2.71. The first-order chi connectivity index (χ1) is 13.5. The molecule has 0 unspecified atom stereocenters. The predicted molar refractivity (Wildman–Crippen MR) is 105 cm³/mol. The van der Waals surface area contributed by atoms with Gasteiger partial charge in [0.15, 0.2) is 11.5 Å². The van der Waals surface area contributed by atoms with E-state index in [0.717, 1.165) is 12.0 Å². The van der Waals surface area contributed by atoms with Crippen LogP contribution < -0.4 is 14.2 Å². The minimum Gasteiger partial charge on any atom is -0.493 e. The zero-order valence-electron chi connectivity index (χ0n) is 16.4. The molecule has 2 aromatic rings. The summed E-state index contributed by atoms with van der Waals surface area (Å²) >= 11 is 0. The lowest BCUT2D eigenvalue weighted by atomic mass is 9.76. The van der Waals surface area contributed by atoms with Crippen LogP contribution >= 0.6 is 0 Å². The molecule has 0 aliphatic heterocycles. The first-order valence-electron chi connectivity index (χ1n) is 9.17. The van der Waals surface area contributed by atoms with Crippen LogP contribution in [-0.2, 0) is 6.61 Å². The molecule has 28 heavy (non-hydrogen) atoms. The molecule has 0 heterocycles. The van der Waals surface area contributed by atoms with E-state index in [0.29, 0.717) is 42.3 Å². The smallest absolute Gasteiger partial charge is 0.255 e. The second-order valence-corrected chi connectivity index (χ2v) is 6.85. The normalized spacial score (nSPS) is 14.4. The standard InChI is InChI=1S/C22H24N2O4/c1-24(22(15-23)10-7-11-22)21(25)17-12-18(26-2)20(19(13-17)27-3)28-14-16-8-5-4-6-9-16/h4-6,8-9,12-13H,7,10-11,14H2,1-3H3. The van der Waals surface area contributed by atoms with E-state index < -0.39 is 5.54 Å². The Balaban J connectivity index is 1.88. The summed E-state index contributed by atoms with van der Waals surface area (Å²) in [5.74, 6) is 1.01. The van der Waals surface area contributed by atoms with Crippen LogP contribution in [0.4, 0.5) is 0 Å². The second kappa shape index (κ2) is 8.22. The summed E-state index contributed by atoms with van der Waals surface area (Å²) in [7, 11) is 4.71. The van der Waals surface area contributed by atoms with Crippen molar-refractivity contribution in [3.05, 3.63) is 53.6 Å². The third-order valence-corrected chi connectivity index (χ3v) is 5.27. The summed E-state index contributed by atoms with van der Waals surface area (Å²) in [6.07, 6.45) is 2.33. The van der Waals surface area contributed by atoms with Crippen molar-refractivity contribution in [3.8, 4) is 23.3 Å². The molecular weight excluding hydrogens is 356 g/mol. The summed E-state index contributed by atoms with van der Waals surface area (Å²) in [6, 6.07) is 15.3. The highest BCUT2D eigenvalue weighted by atomic mass is 16.5. The van der Waals surface area contributed by atoms with Crippen LogP contribution in [0, 0.1) is 11.3 Å². The summed E-state index contributed by atoms with van der Waals surface area (Å²) < 4.78 is 16.8. The molecule has 1 aliphatic carbocycles. The molecule has 3 rings (SSSR count). The maximum absolute atomic E-state index is 13.0. The highest BCUT2D eigenvalue weighted by Crippen LogP contribution is 2.41. The molecule has 0 atom stereocenters. The van der Waals surface area contributed by atoms with E-state index in [9.17, 15) is 10.1 Å². The number of amides is 1. The van der Waals surface area contributed by atoms with Gasteiger partial charge >= 0.3 is 0 Å². The number of rotatable bonds is 7. The topological polar surface area (TPSA) is 71.8 Å². The van der Waals surface area contributed by atoms with Crippen LogP contribution in [-0.4, -0.2) is 37.6 Å². The predicted octanol–water partition coefficient (Wildman–Crippen LogP) is 3.80. The van der Waals surface area contributed by atoms with Crippen molar-refractivity contribution in [2.24, 2.45) is 0 Å². The molecule has 0 spiro atoms. The number of hydrogen-bond donors (Lipinski definition) is 0. The maximum Gasteiger partial charge on any atom is 0.255 e. The van der Waals surface area contributed by atoms with E-state index >= 15 is 0 Å². The molecule has 1 amide bonds. The molecule has 1 saturated carbocycles. The fourth-order valence-corrected chi connectivity index (χ4v) is 3.30. The maximum atomic E-state index is 13.0. The van der Waals surface area contributed by atoms with E-state index in [1.807, 2.05) is 30.3 Å². The van der Waals surface area contributed by atoms with Crippen molar-refractivity contribution in [1.29, 1.82) is 5.26 Å². The molecule has 0 N–H and O–H groups in total. The van der Waals surface area contributed by atoms with Gasteiger partial charge in [-0.05, 0) is 37.0 Å². The van der Waals surface area contributed by atoms with Crippen molar-refractivity contribution >= 4 is 5.91 Å². The highest BCUT2D eigenvalue weighted by molar-refractivity contribution is 5.96. The summed E-state index contributed by atoms with van der Waals surface area (Å²) in [6.45, 7) is 0.346. The average molecular weight is 380 g/mol. The fraction of sp³-hybridized carbons (Fsp3) is 0.364. The molecule has 1 fully saturated rings. The number of methoxy groups -OCH3 is 2. The van der Waals surface area contributed by atoms with E-state index in [4.69, 9.17) is 14.2 Å². The number of carbonyl (C=O) groups excluding carboxylic acids is 1. The molecule has 0 aromatic heterocycles. The van der Waals surface area contributed by atoms with Crippen molar-refractivity contribution in [3.63, 3.8) is 0 Å². The lowest BCUT2D eigenvalue weighted by molar-refractivity contribution is 0.0496. The zero-order chi connectivity index (χ0) is 20.1. The Bertz CT molecular complexity index is 860. The number of nitriles is 1. The minimum absolute atomic E-state index is 0.243. The number of ether oxygens (including phenoxy) is 3. The fourth-order valence-electron chi connectivity index (χ4n) is 3.30. The van der Waals surface area contributed by atoms with Crippen molar-refractivity contribution in [2.45, 2.75) is 31.4 Å². The van der Waals surface area contributed by atoms with Crippen LogP contribution in [0.15, 0.2) is 42.5 Å². The Morgan fingerprint density at radius 1 is 1.14 bits per heavy atom. The first kappa shape index (κ1) is 19.6. The van der Waals surface area contributed by atoms with Gasteiger partial charge in [0.05, 0.1) is 20.3 Å². The Kier molecular flexibility index (Phi) is 5.74. The Labute approximate surface area is 165 Å². The van der Waals surface area contributed by atoms with E-state index in [1.54, 1.807) is 19.2 Å². The summed E-state index contributed by atoms with van der Waals surface area (Å²) in [4.78, 5) is 14.5. The molecule has 6 heteroatoms. The van der Waals surface area contributed by atoms with Crippen molar-refractivity contribution in [1.82, 2.24) is 4.90 Å². The first-order valence-corrected chi connectivity index (χ1v) is 9.17. The number of benzene rings is 2. The molecule has 0 radical (unpaired) electrons. The van der Waals surface area contributed by atoms with Gasteiger partial charge in [0.2, 0.25) is 5.75 Å².